The molecule has 2 heterocycles. The van der Waals surface area contributed by atoms with E-state index in [9.17, 15) is 9.59 Å². The predicted molar refractivity (Wildman–Crippen MR) is 77.6 cm³/mol. The van der Waals surface area contributed by atoms with E-state index < -0.39 is 5.91 Å². The molecule has 0 fully saturated rings. The maximum atomic E-state index is 12.0. The minimum atomic E-state index is -0.398. The summed E-state index contributed by atoms with van der Waals surface area (Å²) in [5.74, 6) is -0.398. The third kappa shape index (κ3) is 3.03. The smallest absolute Gasteiger partial charge is 0.276 e. The molecule has 6 heteroatoms. The van der Waals surface area contributed by atoms with E-state index in [-0.39, 0.29) is 11.3 Å². The fraction of sp³-hybridized carbons (Fsp3) is 0.214. The first kappa shape index (κ1) is 13.8. The van der Waals surface area contributed by atoms with Gasteiger partial charge in [0.25, 0.3) is 11.5 Å². The van der Waals surface area contributed by atoms with Gasteiger partial charge in [-0.25, -0.2) is 4.98 Å². The van der Waals surface area contributed by atoms with Crippen LogP contribution >= 0.6 is 0 Å². The van der Waals surface area contributed by atoms with Crippen LogP contribution in [0.5, 0.6) is 0 Å². The molecule has 0 saturated heterocycles. The highest BCUT2D eigenvalue weighted by Crippen LogP contribution is 2.11. The third-order valence-electron chi connectivity index (χ3n) is 2.76. The number of nitrogens with two attached hydrogens (primary N) is 1. The van der Waals surface area contributed by atoms with E-state index >= 15 is 0 Å². The lowest BCUT2D eigenvalue weighted by atomic mass is 10.3. The third-order valence-corrected chi connectivity index (χ3v) is 2.76. The highest BCUT2D eigenvalue weighted by molar-refractivity contribution is 6.06. The van der Waals surface area contributed by atoms with Crippen LogP contribution in [-0.2, 0) is 6.54 Å². The predicted octanol–water partition coefficient (Wildman–Crippen LogP) is 1.49. The Morgan fingerprint density at radius 2 is 2.20 bits per heavy atom. The summed E-state index contributed by atoms with van der Waals surface area (Å²) in [5.41, 5.74) is 6.62. The average Bonchev–Trinajstić information content (AvgIpc) is 2.43. The van der Waals surface area contributed by atoms with Crippen LogP contribution in [0.1, 0.15) is 23.8 Å². The van der Waals surface area contributed by atoms with E-state index in [4.69, 9.17) is 5.73 Å². The van der Waals surface area contributed by atoms with Crippen molar-refractivity contribution in [3.8, 4) is 0 Å². The zero-order valence-electron chi connectivity index (χ0n) is 11.2. The zero-order valence-corrected chi connectivity index (χ0v) is 11.2. The molecule has 0 aromatic carbocycles. The van der Waals surface area contributed by atoms with E-state index in [0.29, 0.717) is 17.9 Å². The Kier molecular flexibility index (Phi) is 4.14. The molecule has 0 aliphatic carbocycles. The van der Waals surface area contributed by atoms with Gasteiger partial charge in [-0.3, -0.25) is 9.59 Å². The van der Waals surface area contributed by atoms with Gasteiger partial charge in [0.05, 0.1) is 11.4 Å². The molecular formula is C14H16N4O2. The molecule has 0 aliphatic heterocycles. The molecule has 0 bridgehead atoms. The molecule has 0 saturated carbocycles. The number of rotatable bonds is 4. The summed E-state index contributed by atoms with van der Waals surface area (Å²) in [7, 11) is 0. The summed E-state index contributed by atoms with van der Waals surface area (Å²) in [6.07, 6.45) is 3.95. The van der Waals surface area contributed by atoms with E-state index in [2.05, 4.69) is 10.3 Å². The Hall–Kier alpha value is -2.63. The molecule has 0 spiro atoms. The first-order valence-corrected chi connectivity index (χ1v) is 6.34. The van der Waals surface area contributed by atoms with Gasteiger partial charge in [-0.05, 0) is 24.6 Å². The first-order chi connectivity index (χ1) is 9.61. The van der Waals surface area contributed by atoms with Crippen molar-refractivity contribution in [3.63, 3.8) is 0 Å². The van der Waals surface area contributed by atoms with Crippen LogP contribution in [-0.4, -0.2) is 15.5 Å². The van der Waals surface area contributed by atoms with Crippen LogP contribution in [0.4, 0.5) is 11.4 Å². The van der Waals surface area contributed by atoms with Crippen molar-refractivity contribution in [1.29, 1.82) is 0 Å². The van der Waals surface area contributed by atoms with Crippen LogP contribution in [0.3, 0.4) is 0 Å². The van der Waals surface area contributed by atoms with Crippen molar-refractivity contribution in [3.05, 3.63) is 52.7 Å². The lowest BCUT2D eigenvalue weighted by Gasteiger charge is -2.09. The van der Waals surface area contributed by atoms with Gasteiger partial charge in [0, 0.05) is 25.0 Å². The number of carbonyl (C=O) groups is 1. The second-order valence-corrected chi connectivity index (χ2v) is 4.34. The Morgan fingerprint density at radius 1 is 1.40 bits per heavy atom. The minimum absolute atomic E-state index is 0.0952. The second-order valence-electron chi connectivity index (χ2n) is 4.34. The number of aromatic nitrogens is 2. The molecule has 2 rings (SSSR count). The number of nitrogen functional groups attached to an aromatic ring is 1. The number of amides is 1. The minimum Gasteiger partial charge on any atom is -0.397 e. The number of nitrogens with zero attached hydrogens (tertiary/aromatic N) is 2. The number of hydrogen-bond donors (Lipinski definition) is 2. The summed E-state index contributed by atoms with van der Waals surface area (Å²) < 4.78 is 1.55. The average molecular weight is 272 g/mol. The SMILES string of the molecule is CCCn1cc(NC(=O)c2ncccc2N)ccc1=O. The summed E-state index contributed by atoms with van der Waals surface area (Å²) in [5, 5.41) is 2.68. The maximum Gasteiger partial charge on any atom is 0.276 e. The van der Waals surface area contributed by atoms with Crippen molar-refractivity contribution in [2.75, 3.05) is 11.1 Å². The summed E-state index contributed by atoms with van der Waals surface area (Å²) in [6.45, 7) is 2.58. The van der Waals surface area contributed by atoms with E-state index in [1.54, 1.807) is 29.0 Å². The molecule has 0 radical (unpaired) electrons. The zero-order chi connectivity index (χ0) is 14.5. The summed E-state index contributed by atoms with van der Waals surface area (Å²) in [4.78, 5) is 27.6. The molecule has 3 N–H and O–H groups in total. The van der Waals surface area contributed by atoms with Crippen molar-refractivity contribution >= 4 is 17.3 Å². The Labute approximate surface area is 116 Å². The van der Waals surface area contributed by atoms with E-state index in [0.717, 1.165) is 6.42 Å². The number of carbonyl (C=O) groups excluding carboxylic acids is 1. The summed E-state index contributed by atoms with van der Waals surface area (Å²) >= 11 is 0. The van der Waals surface area contributed by atoms with Crippen LogP contribution in [0, 0.1) is 0 Å². The highest BCUT2D eigenvalue weighted by Gasteiger charge is 2.11. The molecule has 2 aromatic heterocycles. The van der Waals surface area contributed by atoms with Crippen molar-refractivity contribution in [2.24, 2.45) is 0 Å². The van der Waals surface area contributed by atoms with Crippen LogP contribution < -0.4 is 16.6 Å². The lowest BCUT2D eigenvalue weighted by molar-refractivity contribution is 0.102. The standard InChI is InChI=1S/C14H16N4O2/c1-2-8-18-9-10(5-6-12(18)19)17-14(20)13-11(15)4-3-7-16-13/h3-7,9H,2,8,15H2,1H3,(H,17,20). The molecule has 104 valence electrons. The largest absolute Gasteiger partial charge is 0.397 e. The number of nitrogens with one attached hydrogen (secondary N) is 1. The quantitative estimate of drug-likeness (QED) is 0.882. The van der Waals surface area contributed by atoms with Gasteiger partial charge in [-0.1, -0.05) is 6.92 Å². The van der Waals surface area contributed by atoms with Crippen molar-refractivity contribution in [1.82, 2.24) is 9.55 Å². The maximum absolute atomic E-state index is 12.0. The number of hydrogen-bond acceptors (Lipinski definition) is 4. The van der Waals surface area contributed by atoms with Crippen molar-refractivity contribution in [2.45, 2.75) is 19.9 Å². The Morgan fingerprint density at radius 3 is 2.90 bits per heavy atom. The van der Waals surface area contributed by atoms with Gasteiger partial charge in [0.15, 0.2) is 5.69 Å². The molecule has 0 aliphatic rings. The van der Waals surface area contributed by atoms with E-state index in [1.807, 2.05) is 6.92 Å². The Bertz CT molecular complexity index is 679. The topological polar surface area (TPSA) is 90.0 Å². The molecular weight excluding hydrogens is 256 g/mol. The fourth-order valence-electron chi connectivity index (χ4n) is 1.82. The number of aryl methyl sites for hydroxylation is 1. The molecule has 0 unspecified atom stereocenters. The first-order valence-electron chi connectivity index (χ1n) is 6.34. The number of anilines is 2. The fourth-order valence-corrected chi connectivity index (χ4v) is 1.82. The van der Waals surface area contributed by atoms with Crippen LogP contribution in [0.2, 0.25) is 0 Å². The van der Waals surface area contributed by atoms with E-state index in [1.165, 1.54) is 12.3 Å². The molecule has 1 amide bonds. The summed E-state index contributed by atoms with van der Waals surface area (Å²) in [6, 6.07) is 6.26. The van der Waals surface area contributed by atoms with Gasteiger partial charge < -0.3 is 15.6 Å². The van der Waals surface area contributed by atoms with Gasteiger partial charge in [0.2, 0.25) is 0 Å². The van der Waals surface area contributed by atoms with Crippen LogP contribution in [0.25, 0.3) is 0 Å². The van der Waals surface area contributed by atoms with Crippen molar-refractivity contribution < 1.29 is 4.79 Å². The Balaban J connectivity index is 2.22. The number of pyridine rings is 2. The monoisotopic (exact) mass is 272 g/mol. The second kappa shape index (κ2) is 6.01. The lowest BCUT2D eigenvalue weighted by Crippen LogP contribution is -2.21. The molecule has 2 aromatic rings. The molecule has 6 nitrogen and oxygen atoms in total. The van der Waals surface area contributed by atoms with Crippen LogP contribution in [0.15, 0.2) is 41.5 Å². The molecule has 20 heavy (non-hydrogen) atoms. The normalized spacial score (nSPS) is 10.2. The van der Waals surface area contributed by atoms with Gasteiger partial charge in [0.1, 0.15) is 0 Å². The molecule has 0 atom stereocenters. The van der Waals surface area contributed by atoms with Gasteiger partial charge >= 0.3 is 0 Å². The van der Waals surface area contributed by atoms with Gasteiger partial charge in [-0.15, -0.1) is 0 Å². The highest BCUT2D eigenvalue weighted by atomic mass is 16.2. The van der Waals surface area contributed by atoms with Gasteiger partial charge in [-0.2, -0.15) is 0 Å².